The highest BCUT2D eigenvalue weighted by Crippen LogP contribution is 2.29. The third kappa shape index (κ3) is 4.09. The maximum atomic E-state index is 12.2. The molecule has 0 atom stereocenters. The molecule has 2 aromatic heterocycles. The van der Waals surface area contributed by atoms with E-state index in [2.05, 4.69) is 47.7 Å². The van der Waals surface area contributed by atoms with Crippen molar-refractivity contribution in [1.82, 2.24) is 14.5 Å². The maximum Gasteiger partial charge on any atom is 0.410 e. The van der Waals surface area contributed by atoms with Crippen LogP contribution in [0.4, 0.5) is 4.79 Å². The van der Waals surface area contributed by atoms with Crippen LogP contribution in [0, 0.1) is 13.8 Å². The zero-order chi connectivity index (χ0) is 18.9. The van der Waals surface area contributed by atoms with Gasteiger partial charge >= 0.3 is 6.09 Å². The summed E-state index contributed by atoms with van der Waals surface area (Å²) in [6, 6.07) is 8.49. The van der Waals surface area contributed by atoms with Crippen molar-refractivity contribution in [1.29, 1.82) is 0 Å². The lowest BCUT2D eigenvalue weighted by molar-refractivity contribution is 0.0205. The Labute approximate surface area is 156 Å². The quantitative estimate of drug-likeness (QED) is 0.791. The largest absolute Gasteiger partial charge is 0.444 e. The van der Waals surface area contributed by atoms with E-state index < -0.39 is 5.60 Å². The highest BCUT2D eigenvalue weighted by molar-refractivity contribution is 5.68. The summed E-state index contributed by atoms with van der Waals surface area (Å²) in [4.78, 5) is 18.7. The van der Waals surface area contributed by atoms with Crippen molar-refractivity contribution in [3.63, 3.8) is 0 Å². The second-order valence-corrected chi connectivity index (χ2v) is 8.14. The van der Waals surface area contributed by atoms with Gasteiger partial charge in [-0.25, -0.2) is 9.78 Å². The van der Waals surface area contributed by atoms with Crippen molar-refractivity contribution in [2.75, 3.05) is 13.1 Å². The SMILES string of the molecule is Cc1ccc(C)n1-c1ccc(C2CCN(C(=O)OC(C)(C)C)CC2)cn1. The molecular formula is C21H29N3O2. The molecule has 140 valence electrons. The fraction of sp³-hybridized carbons (Fsp3) is 0.524. The zero-order valence-corrected chi connectivity index (χ0v) is 16.5. The van der Waals surface area contributed by atoms with E-state index in [0.29, 0.717) is 5.92 Å². The second kappa shape index (κ2) is 7.14. The molecule has 2 aromatic rings. The van der Waals surface area contributed by atoms with Crippen LogP contribution in [0.5, 0.6) is 0 Å². The third-order valence-corrected chi connectivity index (χ3v) is 4.89. The first-order chi connectivity index (χ1) is 12.2. The van der Waals surface area contributed by atoms with Gasteiger partial charge in [0.2, 0.25) is 0 Å². The van der Waals surface area contributed by atoms with Crippen molar-refractivity contribution >= 4 is 6.09 Å². The first-order valence-corrected chi connectivity index (χ1v) is 9.34. The van der Waals surface area contributed by atoms with E-state index in [1.807, 2.05) is 31.9 Å². The minimum atomic E-state index is -0.442. The summed E-state index contributed by atoms with van der Waals surface area (Å²) < 4.78 is 7.63. The van der Waals surface area contributed by atoms with Crippen molar-refractivity contribution < 1.29 is 9.53 Å². The normalized spacial score (nSPS) is 16.0. The lowest BCUT2D eigenvalue weighted by Crippen LogP contribution is -2.41. The van der Waals surface area contributed by atoms with Gasteiger partial charge in [-0.15, -0.1) is 0 Å². The van der Waals surface area contributed by atoms with Crippen LogP contribution in [-0.2, 0) is 4.74 Å². The van der Waals surface area contributed by atoms with Gasteiger partial charge < -0.3 is 14.2 Å². The highest BCUT2D eigenvalue weighted by atomic mass is 16.6. The predicted molar refractivity (Wildman–Crippen MR) is 103 cm³/mol. The lowest BCUT2D eigenvalue weighted by atomic mass is 9.90. The average Bonchev–Trinajstić information content (AvgIpc) is 2.92. The molecule has 0 radical (unpaired) electrons. The number of likely N-dealkylation sites (tertiary alicyclic amines) is 1. The molecule has 0 N–H and O–H groups in total. The van der Waals surface area contributed by atoms with E-state index in [-0.39, 0.29) is 6.09 Å². The van der Waals surface area contributed by atoms with E-state index in [0.717, 1.165) is 31.7 Å². The number of amides is 1. The number of aromatic nitrogens is 2. The van der Waals surface area contributed by atoms with Gasteiger partial charge in [0.1, 0.15) is 11.4 Å². The summed E-state index contributed by atoms with van der Waals surface area (Å²) in [6.45, 7) is 11.4. The Hall–Kier alpha value is -2.30. The molecular weight excluding hydrogens is 326 g/mol. The molecule has 0 aliphatic carbocycles. The smallest absolute Gasteiger partial charge is 0.410 e. The van der Waals surface area contributed by atoms with E-state index in [1.54, 1.807) is 0 Å². The van der Waals surface area contributed by atoms with Crippen molar-refractivity contribution in [2.24, 2.45) is 0 Å². The van der Waals surface area contributed by atoms with Gasteiger partial charge in [-0.3, -0.25) is 0 Å². The van der Waals surface area contributed by atoms with Crippen LogP contribution in [0.3, 0.4) is 0 Å². The van der Waals surface area contributed by atoms with Crippen LogP contribution in [-0.4, -0.2) is 39.2 Å². The van der Waals surface area contributed by atoms with Crippen molar-refractivity contribution in [2.45, 2.75) is 59.0 Å². The molecule has 1 amide bonds. The summed E-state index contributed by atoms with van der Waals surface area (Å²) in [6.07, 6.45) is 3.68. The molecule has 0 spiro atoms. The number of hydrogen-bond donors (Lipinski definition) is 0. The summed E-state index contributed by atoms with van der Waals surface area (Å²) in [5, 5.41) is 0. The molecule has 0 aromatic carbocycles. The molecule has 0 saturated carbocycles. The van der Waals surface area contributed by atoms with Crippen LogP contribution in [0.2, 0.25) is 0 Å². The number of nitrogens with zero attached hydrogens (tertiary/aromatic N) is 3. The van der Waals surface area contributed by atoms with Gasteiger partial charge in [0.15, 0.2) is 0 Å². The van der Waals surface area contributed by atoms with E-state index >= 15 is 0 Å². The lowest BCUT2D eigenvalue weighted by Gasteiger charge is -2.33. The molecule has 1 aliphatic rings. The van der Waals surface area contributed by atoms with Crippen LogP contribution in [0.25, 0.3) is 5.82 Å². The Morgan fingerprint density at radius 3 is 2.19 bits per heavy atom. The summed E-state index contributed by atoms with van der Waals surface area (Å²) in [7, 11) is 0. The molecule has 1 fully saturated rings. The summed E-state index contributed by atoms with van der Waals surface area (Å²) in [5.41, 5.74) is 3.18. The van der Waals surface area contributed by atoms with Gasteiger partial charge in [-0.05, 0) is 77.1 Å². The van der Waals surface area contributed by atoms with E-state index in [4.69, 9.17) is 4.74 Å². The van der Waals surface area contributed by atoms with Crippen LogP contribution < -0.4 is 0 Å². The minimum absolute atomic E-state index is 0.206. The van der Waals surface area contributed by atoms with Gasteiger partial charge in [0.05, 0.1) is 0 Å². The van der Waals surface area contributed by atoms with Gasteiger partial charge in [0.25, 0.3) is 0 Å². The Kier molecular flexibility index (Phi) is 5.08. The molecule has 3 rings (SSSR count). The predicted octanol–water partition coefficient (Wildman–Crippen LogP) is 4.60. The molecule has 5 nitrogen and oxygen atoms in total. The number of carbonyl (C=O) groups is 1. The number of aryl methyl sites for hydroxylation is 2. The summed E-state index contributed by atoms with van der Waals surface area (Å²) in [5.74, 6) is 1.40. The maximum absolute atomic E-state index is 12.2. The number of pyridine rings is 1. The van der Waals surface area contributed by atoms with E-state index in [1.165, 1.54) is 17.0 Å². The zero-order valence-electron chi connectivity index (χ0n) is 16.5. The first kappa shape index (κ1) is 18.5. The van der Waals surface area contributed by atoms with Crippen LogP contribution in [0.1, 0.15) is 56.5 Å². The Morgan fingerprint density at radius 2 is 1.69 bits per heavy atom. The fourth-order valence-electron chi connectivity index (χ4n) is 3.52. The molecule has 1 saturated heterocycles. The van der Waals surface area contributed by atoms with Crippen molar-refractivity contribution in [3.05, 3.63) is 47.4 Å². The monoisotopic (exact) mass is 355 g/mol. The van der Waals surface area contributed by atoms with E-state index in [9.17, 15) is 4.79 Å². The minimum Gasteiger partial charge on any atom is -0.444 e. The second-order valence-electron chi connectivity index (χ2n) is 8.14. The highest BCUT2D eigenvalue weighted by Gasteiger charge is 2.27. The number of carbonyl (C=O) groups excluding carboxylic acids is 1. The molecule has 5 heteroatoms. The average molecular weight is 355 g/mol. The molecule has 0 unspecified atom stereocenters. The Morgan fingerprint density at radius 1 is 1.08 bits per heavy atom. The first-order valence-electron chi connectivity index (χ1n) is 9.34. The van der Waals surface area contributed by atoms with Crippen molar-refractivity contribution in [3.8, 4) is 5.82 Å². The van der Waals surface area contributed by atoms with Crippen LogP contribution in [0.15, 0.2) is 30.5 Å². The fourth-order valence-corrected chi connectivity index (χ4v) is 3.52. The standard InChI is InChI=1S/C21H29N3O2/c1-15-6-7-16(2)24(15)19-9-8-18(14-22-19)17-10-12-23(13-11-17)20(25)26-21(3,4)5/h6-9,14,17H,10-13H2,1-5H3. The number of hydrogen-bond acceptors (Lipinski definition) is 3. The van der Waals surface area contributed by atoms with Gasteiger partial charge in [0, 0.05) is 30.7 Å². The molecule has 26 heavy (non-hydrogen) atoms. The van der Waals surface area contributed by atoms with Gasteiger partial charge in [-0.2, -0.15) is 0 Å². The molecule has 1 aliphatic heterocycles. The Bertz CT molecular complexity index is 744. The number of piperidine rings is 1. The topological polar surface area (TPSA) is 47.4 Å². The third-order valence-electron chi connectivity index (χ3n) is 4.89. The summed E-state index contributed by atoms with van der Waals surface area (Å²) >= 11 is 0. The number of ether oxygens (including phenoxy) is 1. The molecule has 3 heterocycles. The Balaban J connectivity index is 1.63. The molecule has 0 bridgehead atoms. The number of rotatable bonds is 2. The van der Waals surface area contributed by atoms with Crippen LogP contribution >= 0.6 is 0 Å². The van der Waals surface area contributed by atoms with Gasteiger partial charge in [-0.1, -0.05) is 6.07 Å².